The zero-order valence-corrected chi connectivity index (χ0v) is 18.3. The highest BCUT2D eigenvalue weighted by atomic mass is 35.5. The van der Waals surface area contributed by atoms with Crippen molar-refractivity contribution in [2.45, 2.75) is 18.8 Å². The van der Waals surface area contributed by atoms with Crippen LogP contribution in [0.3, 0.4) is 0 Å². The van der Waals surface area contributed by atoms with Crippen molar-refractivity contribution in [3.05, 3.63) is 81.9 Å². The Morgan fingerprint density at radius 2 is 1.91 bits per heavy atom. The van der Waals surface area contributed by atoms with Gasteiger partial charge < -0.3 is 4.42 Å². The third-order valence-corrected chi connectivity index (χ3v) is 6.14. The Bertz CT molecular complexity index is 1600. The van der Waals surface area contributed by atoms with E-state index in [0.717, 1.165) is 29.4 Å². The summed E-state index contributed by atoms with van der Waals surface area (Å²) in [6, 6.07) is 11.8. The molecule has 3 aromatic heterocycles. The molecular formula is C24H17ClFN5O2. The Morgan fingerprint density at radius 3 is 2.67 bits per heavy atom. The predicted octanol–water partition coefficient (Wildman–Crippen LogP) is 5.11. The Labute approximate surface area is 192 Å². The molecule has 9 heteroatoms. The molecule has 7 nitrogen and oxygen atoms in total. The van der Waals surface area contributed by atoms with Gasteiger partial charge in [0.1, 0.15) is 5.82 Å². The van der Waals surface area contributed by atoms with Crippen LogP contribution in [0, 0.1) is 5.82 Å². The minimum atomic E-state index is -0.593. The van der Waals surface area contributed by atoms with Gasteiger partial charge in [0.15, 0.2) is 11.6 Å². The molecule has 5 aromatic rings. The van der Waals surface area contributed by atoms with Crippen molar-refractivity contribution in [2.24, 2.45) is 7.05 Å². The lowest BCUT2D eigenvalue weighted by Crippen LogP contribution is -2.22. The van der Waals surface area contributed by atoms with Crippen LogP contribution in [0.2, 0.25) is 5.02 Å². The van der Waals surface area contributed by atoms with Crippen LogP contribution in [0.1, 0.15) is 24.5 Å². The fraction of sp³-hybridized carbons (Fsp3) is 0.167. The molecule has 1 aliphatic carbocycles. The first-order valence-electron chi connectivity index (χ1n) is 10.5. The summed E-state index contributed by atoms with van der Waals surface area (Å²) in [4.78, 5) is 21.7. The molecule has 33 heavy (non-hydrogen) atoms. The maximum atomic E-state index is 14.2. The second-order valence-electron chi connectivity index (χ2n) is 8.12. The molecule has 0 aliphatic heterocycles. The van der Waals surface area contributed by atoms with Crippen molar-refractivity contribution >= 4 is 22.5 Å². The molecule has 1 aliphatic rings. The van der Waals surface area contributed by atoms with Crippen molar-refractivity contribution in [2.75, 3.05) is 0 Å². The summed E-state index contributed by atoms with van der Waals surface area (Å²) in [5, 5.41) is 5.18. The SMILES string of the molecule is Cn1ncc2cc(-c3nc(-n4ccc(C5CC5)nc4=O)c(-c4ccc(Cl)c(F)c4)o3)ccc21. The van der Waals surface area contributed by atoms with Gasteiger partial charge >= 0.3 is 5.69 Å². The first-order chi connectivity index (χ1) is 16.0. The van der Waals surface area contributed by atoms with Gasteiger partial charge in [-0.2, -0.15) is 15.1 Å². The lowest BCUT2D eigenvalue weighted by atomic mass is 10.1. The number of rotatable bonds is 4. The third-order valence-electron chi connectivity index (χ3n) is 5.83. The van der Waals surface area contributed by atoms with Crippen LogP contribution >= 0.6 is 11.6 Å². The fourth-order valence-corrected chi connectivity index (χ4v) is 4.02. The average Bonchev–Trinajstić information content (AvgIpc) is 3.47. The fourth-order valence-electron chi connectivity index (χ4n) is 3.90. The standard InChI is InChI=1S/C24H17ClFN5O2/c1-30-20-7-5-15(10-16(20)12-27-30)23-29-22(21(33-23)14-4-6-17(25)18(26)11-14)31-9-8-19(13-2-3-13)28-24(31)32/h4-13H,2-3H2,1H3. The minimum Gasteiger partial charge on any atom is -0.434 e. The van der Waals surface area contributed by atoms with Crippen molar-refractivity contribution in [3.8, 4) is 28.6 Å². The summed E-state index contributed by atoms with van der Waals surface area (Å²) in [7, 11) is 1.86. The molecule has 6 rings (SSSR count). The second-order valence-corrected chi connectivity index (χ2v) is 8.53. The molecule has 0 spiro atoms. The maximum absolute atomic E-state index is 14.2. The van der Waals surface area contributed by atoms with E-state index in [2.05, 4.69) is 15.1 Å². The van der Waals surface area contributed by atoms with Gasteiger partial charge in [0.25, 0.3) is 0 Å². The quantitative estimate of drug-likeness (QED) is 0.371. The van der Waals surface area contributed by atoms with Gasteiger partial charge in [-0.25, -0.2) is 13.8 Å². The number of halogens is 2. The third kappa shape index (κ3) is 3.43. The first-order valence-corrected chi connectivity index (χ1v) is 10.8. The molecule has 2 aromatic carbocycles. The molecule has 0 saturated heterocycles. The van der Waals surface area contributed by atoms with E-state index in [4.69, 9.17) is 16.0 Å². The lowest BCUT2D eigenvalue weighted by molar-refractivity contribution is 0.585. The molecular weight excluding hydrogens is 445 g/mol. The van der Waals surface area contributed by atoms with Crippen molar-refractivity contribution < 1.29 is 8.81 Å². The average molecular weight is 462 g/mol. The van der Waals surface area contributed by atoms with E-state index in [0.29, 0.717) is 22.9 Å². The lowest BCUT2D eigenvalue weighted by Gasteiger charge is -2.05. The minimum absolute atomic E-state index is 0.00492. The van der Waals surface area contributed by atoms with Crippen LogP contribution in [0.4, 0.5) is 4.39 Å². The number of aryl methyl sites for hydroxylation is 1. The summed E-state index contributed by atoms with van der Waals surface area (Å²) >= 11 is 5.87. The van der Waals surface area contributed by atoms with E-state index in [-0.39, 0.29) is 16.6 Å². The topological polar surface area (TPSA) is 78.7 Å². The molecule has 3 heterocycles. The van der Waals surface area contributed by atoms with Crippen LogP contribution in [0.15, 0.2) is 64.1 Å². The number of fused-ring (bicyclic) bond motifs is 1. The van der Waals surface area contributed by atoms with Gasteiger partial charge in [-0.15, -0.1) is 0 Å². The Kier molecular flexibility index (Phi) is 4.45. The van der Waals surface area contributed by atoms with Crippen LogP contribution in [0.25, 0.3) is 39.5 Å². The van der Waals surface area contributed by atoms with Gasteiger partial charge in [-0.3, -0.25) is 4.68 Å². The molecule has 0 N–H and O–H groups in total. The number of nitrogens with zero attached hydrogens (tertiary/aromatic N) is 5. The zero-order chi connectivity index (χ0) is 22.7. The van der Waals surface area contributed by atoms with Crippen molar-refractivity contribution in [3.63, 3.8) is 0 Å². The monoisotopic (exact) mass is 461 g/mol. The Balaban J connectivity index is 1.54. The zero-order valence-electron chi connectivity index (χ0n) is 17.5. The van der Waals surface area contributed by atoms with Crippen molar-refractivity contribution in [1.29, 1.82) is 0 Å². The smallest absolute Gasteiger partial charge is 0.353 e. The highest BCUT2D eigenvalue weighted by Crippen LogP contribution is 2.39. The van der Waals surface area contributed by atoms with Gasteiger partial charge in [0, 0.05) is 35.7 Å². The summed E-state index contributed by atoms with van der Waals surface area (Å²) in [6.07, 6.45) is 5.47. The number of oxazole rings is 1. The number of hydrogen-bond donors (Lipinski definition) is 0. The van der Waals surface area contributed by atoms with Gasteiger partial charge in [0.2, 0.25) is 5.89 Å². The molecule has 0 amide bonds. The van der Waals surface area contributed by atoms with Gasteiger partial charge in [-0.1, -0.05) is 11.6 Å². The van der Waals surface area contributed by atoms with E-state index in [1.165, 1.54) is 16.7 Å². The summed E-state index contributed by atoms with van der Waals surface area (Å²) in [5.74, 6) is 0.521. The maximum Gasteiger partial charge on any atom is 0.353 e. The van der Waals surface area contributed by atoms with E-state index < -0.39 is 11.5 Å². The normalized spacial score (nSPS) is 13.7. The number of hydrogen-bond acceptors (Lipinski definition) is 5. The van der Waals surface area contributed by atoms with Crippen molar-refractivity contribution in [1.82, 2.24) is 24.3 Å². The van der Waals surface area contributed by atoms with Crippen LogP contribution < -0.4 is 5.69 Å². The van der Waals surface area contributed by atoms with Gasteiger partial charge in [-0.05, 0) is 55.3 Å². The summed E-state index contributed by atoms with van der Waals surface area (Å²) < 4.78 is 23.4. The van der Waals surface area contributed by atoms with Crippen LogP contribution in [0.5, 0.6) is 0 Å². The summed E-state index contributed by atoms with van der Waals surface area (Å²) in [6.45, 7) is 0. The molecule has 164 valence electrons. The molecule has 0 atom stereocenters. The Morgan fingerprint density at radius 1 is 1.09 bits per heavy atom. The molecule has 0 bridgehead atoms. The molecule has 0 radical (unpaired) electrons. The first kappa shape index (κ1) is 19.9. The highest BCUT2D eigenvalue weighted by molar-refractivity contribution is 6.30. The number of aromatic nitrogens is 5. The second kappa shape index (κ2) is 7.38. The highest BCUT2D eigenvalue weighted by Gasteiger charge is 2.26. The van der Waals surface area contributed by atoms with E-state index in [1.54, 1.807) is 23.1 Å². The van der Waals surface area contributed by atoms with Crippen LogP contribution in [-0.2, 0) is 7.05 Å². The van der Waals surface area contributed by atoms with Crippen LogP contribution in [-0.4, -0.2) is 24.3 Å². The predicted molar refractivity (Wildman–Crippen MR) is 122 cm³/mol. The largest absolute Gasteiger partial charge is 0.434 e. The van der Waals surface area contributed by atoms with E-state index in [9.17, 15) is 9.18 Å². The molecule has 1 saturated carbocycles. The molecule has 0 unspecified atom stereocenters. The molecule has 1 fully saturated rings. The van der Waals surface area contributed by atoms with E-state index >= 15 is 0 Å². The summed E-state index contributed by atoms with van der Waals surface area (Å²) in [5.41, 5.74) is 2.39. The van der Waals surface area contributed by atoms with Gasteiger partial charge in [0.05, 0.1) is 22.4 Å². The number of benzene rings is 2. The Hall–Kier alpha value is -3.78. The van der Waals surface area contributed by atoms with E-state index in [1.807, 2.05) is 31.3 Å².